The number of oxazole rings is 1. The first kappa shape index (κ1) is 14.3. The van der Waals surface area contributed by atoms with E-state index in [1.165, 1.54) is 6.26 Å². The first-order valence-electron chi connectivity index (χ1n) is 7.66. The Kier molecular flexibility index (Phi) is 3.38. The van der Waals surface area contributed by atoms with Crippen molar-refractivity contribution in [3.05, 3.63) is 45.7 Å². The molecule has 1 fully saturated rings. The maximum Gasteiger partial charge on any atom is 0.260 e. The van der Waals surface area contributed by atoms with Crippen LogP contribution < -0.4 is 10.5 Å². The van der Waals surface area contributed by atoms with Crippen LogP contribution in [0.2, 0.25) is 5.02 Å². The molecule has 2 aromatic heterocycles. The molecule has 3 aromatic rings. The zero-order chi connectivity index (χ0) is 16.0. The van der Waals surface area contributed by atoms with Crippen molar-refractivity contribution in [1.82, 2.24) is 9.97 Å². The molecule has 118 valence electrons. The average Bonchev–Trinajstić information content (AvgIpc) is 3.18. The van der Waals surface area contributed by atoms with Crippen LogP contribution in [0.3, 0.4) is 0 Å². The maximum atomic E-state index is 12.7. The highest BCUT2D eigenvalue weighted by Gasteiger charge is 2.24. The minimum atomic E-state index is -0.157. The Balaban J connectivity index is 2.09. The number of nitrogens with zero attached hydrogens (tertiary/aromatic N) is 2. The first-order valence-corrected chi connectivity index (χ1v) is 8.04. The molecule has 1 saturated heterocycles. The molecule has 23 heavy (non-hydrogen) atoms. The largest absolute Gasteiger partial charge is 0.449 e. The lowest BCUT2D eigenvalue weighted by molar-refractivity contribution is 0.521. The molecule has 0 atom stereocenters. The van der Waals surface area contributed by atoms with Crippen molar-refractivity contribution in [2.45, 2.75) is 19.8 Å². The third-order valence-electron chi connectivity index (χ3n) is 4.25. The van der Waals surface area contributed by atoms with Gasteiger partial charge in [-0.1, -0.05) is 11.6 Å². The van der Waals surface area contributed by atoms with Crippen LogP contribution in [-0.2, 0) is 0 Å². The van der Waals surface area contributed by atoms with Gasteiger partial charge in [0.05, 0.1) is 16.8 Å². The number of aryl methyl sites for hydroxylation is 1. The highest BCUT2D eigenvalue weighted by molar-refractivity contribution is 6.31. The molecular formula is C17H16ClN3O2. The number of nitrogens with one attached hydrogen (secondary N) is 1. The van der Waals surface area contributed by atoms with E-state index in [0.29, 0.717) is 22.2 Å². The van der Waals surface area contributed by atoms with Crippen molar-refractivity contribution in [3.63, 3.8) is 0 Å². The molecule has 3 heterocycles. The van der Waals surface area contributed by atoms with E-state index in [1.54, 1.807) is 13.0 Å². The number of aromatic nitrogens is 2. The minimum absolute atomic E-state index is 0.157. The van der Waals surface area contributed by atoms with E-state index in [0.717, 1.165) is 42.5 Å². The quantitative estimate of drug-likeness (QED) is 0.778. The molecule has 0 saturated carbocycles. The monoisotopic (exact) mass is 329 g/mol. The molecule has 4 rings (SSSR count). The van der Waals surface area contributed by atoms with Crippen LogP contribution in [0.5, 0.6) is 0 Å². The second kappa shape index (κ2) is 5.42. The van der Waals surface area contributed by atoms with Crippen LogP contribution in [0.1, 0.15) is 18.7 Å². The van der Waals surface area contributed by atoms with E-state index in [2.05, 4.69) is 14.9 Å². The number of anilines is 1. The number of aromatic amines is 1. The van der Waals surface area contributed by atoms with Gasteiger partial charge in [-0.3, -0.25) is 4.79 Å². The van der Waals surface area contributed by atoms with Gasteiger partial charge in [-0.15, -0.1) is 0 Å². The van der Waals surface area contributed by atoms with E-state index in [9.17, 15) is 4.79 Å². The van der Waals surface area contributed by atoms with Gasteiger partial charge >= 0.3 is 0 Å². The van der Waals surface area contributed by atoms with Gasteiger partial charge in [0.2, 0.25) is 0 Å². The van der Waals surface area contributed by atoms with Gasteiger partial charge in [-0.2, -0.15) is 0 Å². The summed E-state index contributed by atoms with van der Waals surface area (Å²) in [6, 6.07) is 5.53. The highest BCUT2D eigenvalue weighted by Crippen LogP contribution is 2.36. The molecule has 0 spiro atoms. The average molecular weight is 330 g/mol. The summed E-state index contributed by atoms with van der Waals surface area (Å²) in [6.07, 6.45) is 3.77. The number of halogens is 1. The standard InChI is InChI=1S/C17H16ClN3O2/c1-10-19-14(9-23-10)15-16(21-6-2-3-7-21)12-8-11(18)4-5-13(12)20-17(15)22/h4-5,8-9H,2-3,6-7H2,1H3,(H,20,22). The summed E-state index contributed by atoms with van der Waals surface area (Å²) in [7, 11) is 0. The third kappa shape index (κ3) is 2.41. The SMILES string of the molecule is Cc1nc(-c2c(N3CCCC3)c3cc(Cl)ccc3[nH]c2=O)co1. The van der Waals surface area contributed by atoms with Gasteiger partial charge in [-0.05, 0) is 31.0 Å². The lowest BCUT2D eigenvalue weighted by atomic mass is 10.1. The number of pyridine rings is 1. The molecule has 0 unspecified atom stereocenters. The summed E-state index contributed by atoms with van der Waals surface area (Å²) in [6.45, 7) is 3.62. The Morgan fingerprint density at radius 1 is 1.30 bits per heavy atom. The van der Waals surface area contributed by atoms with Gasteiger partial charge < -0.3 is 14.3 Å². The minimum Gasteiger partial charge on any atom is -0.449 e. The third-order valence-corrected chi connectivity index (χ3v) is 4.48. The van der Waals surface area contributed by atoms with Crippen LogP contribution in [0.4, 0.5) is 5.69 Å². The number of H-pyrrole nitrogens is 1. The summed E-state index contributed by atoms with van der Waals surface area (Å²) in [5.41, 5.74) is 2.64. The number of benzene rings is 1. The second-order valence-electron chi connectivity index (χ2n) is 5.81. The smallest absolute Gasteiger partial charge is 0.260 e. The van der Waals surface area contributed by atoms with E-state index in [-0.39, 0.29) is 5.56 Å². The van der Waals surface area contributed by atoms with E-state index < -0.39 is 0 Å². The van der Waals surface area contributed by atoms with Gasteiger partial charge in [-0.25, -0.2) is 4.98 Å². The van der Waals surface area contributed by atoms with E-state index in [4.69, 9.17) is 16.0 Å². The van der Waals surface area contributed by atoms with E-state index in [1.807, 2.05) is 12.1 Å². The Morgan fingerprint density at radius 3 is 2.78 bits per heavy atom. The molecule has 1 aliphatic rings. The lowest BCUT2D eigenvalue weighted by Crippen LogP contribution is -2.23. The van der Waals surface area contributed by atoms with Crippen LogP contribution in [0.25, 0.3) is 22.2 Å². The van der Waals surface area contributed by atoms with Gasteiger partial charge in [0.25, 0.3) is 5.56 Å². The van der Waals surface area contributed by atoms with Crippen LogP contribution in [0.15, 0.2) is 33.7 Å². The second-order valence-corrected chi connectivity index (χ2v) is 6.25. The van der Waals surface area contributed by atoms with Crippen molar-refractivity contribution >= 4 is 28.2 Å². The summed E-state index contributed by atoms with van der Waals surface area (Å²) < 4.78 is 5.32. The molecule has 0 amide bonds. The molecule has 1 aromatic carbocycles. The molecular weight excluding hydrogens is 314 g/mol. The number of hydrogen-bond acceptors (Lipinski definition) is 4. The Bertz CT molecular complexity index is 939. The fraction of sp³-hybridized carbons (Fsp3) is 0.294. The Morgan fingerprint density at radius 2 is 2.09 bits per heavy atom. The Labute approximate surface area is 137 Å². The molecule has 0 aliphatic carbocycles. The van der Waals surface area contributed by atoms with Gasteiger partial charge in [0.15, 0.2) is 5.89 Å². The van der Waals surface area contributed by atoms with Crippen LogP contribution in [0, 0.1) is 6.92 Å². The predicted octanol–water partition coefficient (Wildman–Crippen LogP) is 3.75. The van der Waals surface area contributed by atoms with Crippen molar-refractivity contribution in [3.8, 4) is 11.3 Å². The fourth-order valence-corrected chi connectivity index (χ4v) is 3.41. The molecule has 5 nitrogen and oxygen atoms in total. The Hall–Kier alpha value is -2.27. The summed E-state index contributed by atoms with van der Waals surface area (Å²) >= 11 is 6.19. The van der Waals surface area contributed by atoms with Crippen molar-refractivity contribution < 1.29 is 4.42 Å². The zero-order valence-corrected chi connectivity index (χ0v) is 13.5. The summed E-state index contributed by atoms with van der Waals surface area (Å²) in [4.78, 5) is 22.2. The zero-order valence-electron chi connectivity index (χ0n) is 12.7. The predicted molar refractivity (Wildman–Crippen MR) is 91.3 cm³/mol. The fourth-order valence-electron chi connectivity index (χ4n) is 3.23. The van der Waals surface area contributed by atoms with Gasteiger partial charge in [0.1, 0.15) is 12.0 Å². The molecule has 1 N–H and O–H groups in total. The molecule has 1 aliphatic heterocycles. The van der Waals surface area contributed by atoms with E-state index >= 15 is 0 Å². The highest BCUT2D eigenvalue weighted by atomic mass is 35.5. The summed E-state index contributed by atoms with van der Waals surface area (Å²) in [5, 5.41) is 1.59. The lowest BCUT2D eigenvalue weighted by Gasteiger charge is -2.22. The normalized spacial score (nSPS) is 14.8. The summed E-state index contributed by atoms with van der Waals surface area (Å²) in [5.74, 6) is 0.540. The van der Waals surface area contributed by atoms with Gasteiger partial charge in [0, 0.05) is 30.4 Å². The van der Waals surface area contributed by atoms with Crippen molar-refractivity contribution in [1.29, 1.82) is 0 Å². The van der Waals surface area contributed by atoms with Crippen molar-refractivity contribution in [2.75, 3.05) is 18.0 Å². The topological polar surface area (TPSA) is 62.1 Å². The van der Waals surface area contributed by atoms with Crippen molar-refractivity contribution in [2.24, 2.45) is 0 Å². The first-order chi connectivity index (χ1) is 11.1. The molecule has 0 bridgehead atoms. The molecule has 6 heteroatoms. The van der Waals surface area contributed by atoms with Crippen LogP contribution >= 0.6 is 11.6 Å². The number of fused-ring (bicyclic) bond motifs is 1. The maximum absolute atomic E-state index is 12.7. The number of hydrogen-bond donors (Lipinski definition) is 1. The molecule has 0 radical (unpaired) electrons. The van der Waals surface area contributed by atoms with Crippen LogP contribution in [-0.4, -0.2) is 23.1 Å². The number of rotatable bonds is 2.